The first kappa shape index (κ1) is 14.9. The van der Waals surface area contributed by atoms with Gasteiger partial charge in [0.25, 0.3) is 0 Å². The van der Waals surface area contributed by atoms with E-state index in [0.29, 0.717) is 5.78 Å². The van der Waals surface area contributed by atoms with E-state index in [-0.39, 0.29) is 11.3 Å². The van der Waals surface area contributed by atoms with Crippen molar-refractivity contribution in [2.75, 3.05) is 0 Å². The maximum absolute atomic E-state index is 12.8. The summed E-state index contributed by atoms with van der Waals surface area (Å²) in [5, 5.41) is 0. The smallest absolute Gasteiger partial charge is 0.146 e. The highest BCUT2D eigenvalue weighted by Crippen LogP contribution is 2.35. The van der Waals surface area contributed by atoms with E-state index in [2.05, 4.69) is 39.8 Å². The summed E-state index contributed by atoms with van der Waals surface area (Å²) >= 11 is 0. The van der Waals surface area contributed by atoms with Crippen LogP contribution in [-0.4, -0.2) is 5.78 Å². The molecule has 0 bridgehead atoms. The molecule has 0 heterocycles. The summed E-state index contributed by atoms with van der Waals surface area (Å²) in [6, 6.07) is 10.3. The number of carbonyl (C=O) groups excluding carboxylic acids is 1. The lowest BCUT2D eigenvalue weighted by Gasteiger charge is -2.33. The van der Waals surface area contributed by atoms with Gasteiger partial charge in [-0.15, -0.1) is 0 Å². The molecule has 1 heteroatoms. The third kappa shape index (κ3) is 2.82. The molecule has 1 aromatic carbocycles. The minimum Gasteiger partial charge on any atom is -0.298 e. The average Bonchev–Trinajstić information content (AvgIpc) is 2.42. The summed E-state index contributed by atoms with van der Waals surface area (Å²) in [4.78, 5) is 12.8. The number of benzene rings is 1. The molecule has 0 saturated carbocycles. The number of rotatable bonds is 7. The highest BCUT2D eigenvalue weighted by atomic mass is 16.1. The SMILES string of the molecule is CCCC(C)C(=O)C(CC)(CC)c1ccccc1. The Bertz CT molecular complexity index is 362. The average molecular weight is 246 g/mol. The van der Waals surface area contributed by atoms with Crippen LogP contribution in [0.1, 0.15) is 58.9 Å². The van der Waals surface area contributed by atoms with Gasteiger partial charge in [0.05, 0.1) is 5.41 Å². The van der Waals surface area contributed by atoms with Gasteiger partial charge in [0, 0.05) is 5.92 Å². The Morgan fingerprint density at radius 1 is 1.11 bits per heavy atom. The minimum absolute atomic E-state index is 0.162. The number of carbonyl (C=O) groups is 1. The maximum atomic E-state index is 12.8. The van der Waals surface area contributed by atoms with Crippen molar-refractivity contribution in [3.05, 3.63) is 35.9 Å². The molecule has 0 N–H and O–H groups in total. The largest absolute Gasteiger partial charge is 0.298 e. The van der Waals surface area contributed by atoms with Crippen LogP contribution in [-0.2, 0) is 10.2 Å². The van der Waals surface area contributed by atoms with E-state index >= 15 is 0 Å². The molecule has 0 aliphatic carbocycles. The Labute approximate surface area is 112 Å². The quantitative estimate of drug-likeness (QED) is 0.678. The van der Waals surface area contributed by atoms with Gasteiger partial charge in [-0.05, 0) is 24.8 Å². The molecule has 0 spiro atoms. The Hall–Kier alpha value is -1.11. The summed E-state index contributed by atoms with van der Waals surface area (Å²) in [6.45, 7) is 8.49. The maximum Gasteiger partial charge on any atom is 0.146 e. The second kappa shape index (κ2) is 6.72. The van der Waals surface area contributed by atoms with Crippen molar-refractivity contribution < 1.29 is 4.79 Å². The molecule has 100 valence electrons. The van der Waals surface area contributed by atoms with Crippen molar-refractivity contribution >= 4 is 5.78 Å². The van der Waals surface area contributed by atoms with Crippen molar-refractivity contribution in [3.8, 4) is 0 Å². The number of ketones is 1. The second-order valence-electron chi connectivity index (χ2n) is 5.21. The van der Waals surface area contributed by atoms with Gasteiger partial charge in [-0.25, -0.2) is 0 Å². The predicted molar refractivity (Wildman–Crippen MR) is 77.8 cm³/mol. The van der Waals surface area contributed by atoms with Gasteiger partial charge in [-0.1, -0.05) is 64.4 Å². The van der Waals surface area contributed by atoms with E-state index in [4.69, 9.17) is 0 Å². The lowest BCUT2D eigenvalue weighted by molar-refractivity contribution is -0.128. The van der Waals surface area contributed by atoms with Crippen LogP contribution in [0.4, 0.5) is 0 Å². The third-order valence-corrected chi connectivity index (χ3v) is 4.17. The molecular formula is C17H26O. The Balaban J connectivity index is 3.11. The molecule has 1 rings (SSSR count). The summed E-state index contributed by atoms with van der Waals surface area (Å²) < 4.78 is 0. The fourth-order valence-corrected chi connectivity index (χ4v) is 2.94. The van der Waals surface area contributed by atoms with E-state index in [9.17, 15) is 4.79 Å². The molecule has 0 aliphatic rings. The topological polar surface area (TPSA) is 17.1 Å². The zero-order valence-electron chi connectivity index (χ0n) is 12.2. The number of Topliss-reactive ketones (excluding diaryl/α,β-unsaturated/α-hetero) is 1. The zero-order valence-corrected chi connectivity index (χ0v) is 12.2. The molecule has 0 saturated heterocycles. The molecule has 0 aliphatic heterocycles. The van der Waals surface area contributed by atoms with Crippen molar-refractivity contribution in [2.45, 2.75) is 58.8 Å². The third-order valence-electron chi connectivity index (χ3n) is 4.17. The predicted octanol–water partition coefficient (Wildman–Crippen LogP) is 4.75. The first-order valence-electron chi connectivity index (χ1n) is 7.22. The Morgan fingerprint density at radius 3 is 2.11 bits per heavy atom. The Morgan fingerprint density at radius 2 is 1.67 bits per heavy atom. The fourth-order valence-electron chi connectivity index (χ4n) is 2.94. The summed E-state index contributed by atoms with van der Waals surface area (Å²) in [5.74, 6) is 0.579. The van der Waals surface area contributed by atoms with E-state index in [0.717, 1.165) is 25.7 Å². The Kier molecular flexibility index (Phi) is 5.58. The molecule has 1 atom stereocenters. The van der Waals surface area contributed by atoms with Gasteiger partial charge >= 0.3 is 0 Å². The van der Waals surface area contributed by atoms with Gasteiger partial charge in [-0.2, -0.15) is 0 Å². The van der Waals surface area contributed by atoms with Crippen molar-refractivity contribution in [3.63, 3.8) is 0 Å². The molecule has 0 aromatic heterocycles. The lowest BCUT2D eigenvalue weighted by atomic mass is 9.68. The zero-order chi connectivity index (χ0) is 13.6. The number of hydrogen-bond acceptors (Lipinski definition) is 1. The summed E-state index contributed by atoms with van der Waals surface area (Å²) in [7, 11) is 0. The fraction of sp³-hybridized carbons (Fsp3) is 0.588. The van der Waals surface area contributed by atoms with Crippen LogP contribution in [0.25, 0.3) is 0 Å². The number of hydrogen-bond donors (Lipinski definition) is 0. The van der Waals surface area contributed by atoms with E-state index < -0.39 is 0 Å². The molecular weight excluding hydrogens is 220 g/mol. The second-order valence-corrected chi connectivity index (χ2v) is 5.21. The molecule has 1 nitrogen and oxygen atoms in total. The van der Waals surface area contributed by atoms with Crippen LogP contribution in [0.2, 0.25) is 0 Å². The van der Waals surface area contributed by atoms with Gasteiger partial charge in [0.1, 0.15) is 5.78 Å². The van der Waals surface area contributed by atoms with Crippen LogP contribution in [0.3, 0.4) is 0 Å². The molecule has 1 aromatic rings. The monoisotopic (exact) mass is 246 g/mol. The first-order valence-corrected chi connectivity index (χ1v) is 7.22. The van der Waals surface area contributed by atoms with Gasteiger partial charge in [0.15, 0.2) is 0 Å². The minimum atomic E-state index is -0.282. The van der Waals surface area contributed by atoms with Gasteiger partial charge in [0.2, 0.25) is 0 Å². The highest BCUT2D eigenvalue weighted by molar-refractivity contribution is 5.91. The molecule has 0 fully saturated rings. The first-order chi connectivity index (χ1) is 8.62. The van der Waals surface area contributed by atoms with Gasteiger partial charge < -0.3 is 0 Å². The van der Waals surface area contributed by atoms with Gasteiger partial charge in [-0.3, -0.25) is 4.79 Å². The lowest BCUT2D eigenvalue weighted by Crippen LogP contribution is -2.38. The highest BCUT2D eigenvalue weighted by Gasteiger charge is 2.38. The normalized spacial score (nSPS) is 13.3. The molecule has 0 amide bonds. The van der Waals surface area contributed by atoms with Crippen molar-refractivity contribution in [1.82, 2.24) is 0 Å². The summed E-state index contributed by atoms with van der Waals surface area (Å²) in [6.07, 6.45) is 3.85. The van der Waals surface area contributed by atoms with Crippen LogP contribution in [0, 0.1) is 5.92 Å². The van der Waals surface area contributed by atoms with Crippen LogP contribution in [0.15, 0.2) is 30.3 Å². The molecule has 1 unspecified atom stereocenters. The van der Waals surface area contributed by atoms with Crippen LogP contribution >= 0.6 is 0 Å². The molecule has 18 heavy (non-hydrogen) atoms. The summed E-state index contributed by atoms with van der Waals surface area (Å²) in [5.41, 5.74) is 0.901. The van der Waals surface area contributed by atoms with Crippen LogP contribution < -0.4 is 0 Å². The molecule has 0 radical (unpaired) electrons. The standard InChI is InChI=1S/C17H26O/c1-5-11-14(4)16(18)17(6-2,7-3)15-12-9-8-10-13-15/h8-10,12-14H,5-7,11H2,1-4H3. The van der Waals surface area contributed by atoms with Crippen molar-refractivity contribution in [1.29, 1.82) is 0 Å². The van der Waals surface area contributed by atoms with E-state index in [1.807, 2.05) is 18.2 Å². The van der Waals surface area contributed by atoms with Crippen molar-refractivity contribution in [2.24, 2.45) is 5.92 Å². The van der Waals surface area contributed by atoms with Crippen LogP contribution in [0.5, 0.6) is 0 Å². The van der Waals surface area contributed by atoms with E-state index in [1.54, 1.807) is 0 Å². The van der Waals surface area contributed by atoms with E-state index in [1.165, 1.54) is 5.56 Å².